The first-order valence-corrected chi connectivity index (χ1v) is 5.46. The average Bonchev–Trinajstić information content (AvgIpc) is 2.17. The van der Waals surface area contributed by atoms with Gasteiger partial charge in [-0.05, 0) is 25.7 Å². The fraction of sp³-hybridized carbons (Fsp3) is 0.750. The van der Waals surface area contributed by atoms with Gasteiger partial charge in [0.2, 0.25) is 0 Å². The molecule has 1 aliphatic carbocycles. The average molecular weight is 196 g/mol. The number of allylic oxidation sites excluding steroid dienone is 1. The van der Waals surface area contributed by atoms with Crippen LogP contribution in [0, 0.1) is 5.92 Å². The Kier molecular flexibility index (Phi) is 4.33. The van der Waals surface area contributed by atoms with E-state index >= 15 is 0 Å². The van der Waals surface area contributed by atoms with Crippen molar-refractivity contribution in [1.82, 2.24) is 0 Å². The molecule has 1 atom stereocenters. The van der Waals surface area contributed by atoms with Crippen LogP contribution in [0.3, 0.4) is 0 Å². The van der Waals surface area contributed by atoms with Crippen LogP contribution in [0.4, 0.5) is 0 Å². The predicted molar refractivity (Wildman–Crippen MR) is 57.0 cm³/mol. The number of aliphatic hydroxyl groups is 1. The minimum Gasteiger partial charge on any atom is -0.385 e. The van der Waals surface area contributed by atoms with Gasteiger partial charge in [0, 0.05) is 6.42 Å². The van der Waals surface area contributed by atoms with Crippen LogP contribution in [0.1, 0.15) is 45.4 Å². The molecule has 1 unspecified atom stereocenters. The molecule has 0 aromatic rings. The van der Waals surface area contributed by atoms with Gasteiger partial charge >= 0.3 is 0 Å². The van der Waals surface area contributed by atoms with Crippen LogP contribution >= 0.6 is 0 Å². The molecule has 80 valence electrons. The highest BCUT2D eigenvalue weighted by Crippen LogP contribution is 2.27. The molecule has 1 rings (SSSR count). The van der Waals surface area contributed by atoms with Crippen molar-refractivity contribution in [3.63, 3.8) is 0 Å². The van der Waals surface area contributed by atoms with E-state index in [4.69, 9.17) is 0 Å². The number of aliphatic hydroxyl groups excluding tert-OH is 1. The van der Waals surface area contributed by atoms with E-state index in [1.807, 2.05) is 6.92 Å². The molecule has 0 spiro atoms. The lowest BCUT2D eigenvalue weighted by molar-refractivity contribution is -0.129. The third-order valence-electron chi connectivity index (χ3n) is 2.90. The van der Waals surface area contributed by atoms with Crippen LogP contribution in [-0.2, 0) is 4.79 Å². The zero-order valence-corrected chi connectivity index (χ0v) is 8.96. The number of Topliss-reactive ketones (excluding diaryl/α,β-unsaturated/α-hetero) is 1. The smallest absolute Gasteiger partial charge is 0.165 e. The van der Waals surface area contributed by atoms with E-state index in [9.17, 15) is 9.90 Å². The predicted octanol–water partition coefficient (Wildman–Crippen LogP) is 2.46. The van der Waals surface area contributed by atoms with E-state index in [-0.39, 0.29) is 11.7 Å². The molecule has 0 aliphatic heterocycles. The second-order valence-corrected chi connectivity index (χ2v) is 4.44. The van der Waals surface area contributed by atoms with Gasteiger partial charge in [0.15, 0.2) is 5.78 Å². The van der Waals surface area contributed by atoms with Gasteiger partial charge in [-0.15, -0.1) is 0 Å². The summed E-state index contributed by atoms with van der Waals surface area (Å²) in [6, 6.07) is 0. The summed E-state index contributed by atoms with van der Waals surface area (Å²) >= 11 is 0. The van der Waals surface area contributed by atoms with Crippen molar-refractivity contribution < 1.29 is 9.90 Å². The van der Waals surface area contributed by atoms with Crippen LogP contribution in [0.2, 0.25) is 0 Å². The zero-order valence-electron chi connectivity index (χ0n) is 8.96. The fourth-order valence-electron chi connectivity index (χ4n) is 2.11. The molecular weight excluding hydrogens is 176 g/mol. The van der Waals surface area contributed by atoms with Crippen molar-refractivity contribution in [3.05, 3.63) is 12.2 Å². The largest absolute Gasteiger partial charge is 0.385 e. The highest BCUT2D eigenvalue weighted by atomic mass is 16.3. The fourth-order valence-corrected chi connectivity index (χ4v) is 2.11. The third-order valence-corrected chi connectivity index (χ3v) is 2.90. The van der Waals surface area contributed by atoms with Crippen LogP contribution < -0.4 is 0 Å². The summed E-state index contributed by atoms with van der Waals surface area (Å²) in [6.45, 7) is 5.52. The van der Waals surface area contributed by atoms with Crippen LogP contribution in [0.15, 0.2) is 12.2 Å². The van der Waals surface area contributed by atoms with Gasteiger partial charge in [-0.25, -0.2) is 0 Å². The van der Waals surface area contributed by atoms with Crippen molar-refractivity contribution in [1.29, 1.82) is 0 Å². The lowest BCUT2D eigenvalue weighted by Gasteiger charge is -2.25. The maximum absolute atomic E-state index is 11.5. The normalized spacial score (nSPS) is 20.4. The molecule has 0 heterocycles. The SMILES string of the molecule is C=C(C)CC(=O)C(O)C1CCCCC1. The number of hydrogen-bond donors (Lipinski definition) is 1. The van der Waals surface area contributed by atoms with Gasteiger partial charge in [0.25, 0.3) is 0 Å². The summed E-state index contributed by atoms with van der Waals surface area (Å²) in [7, 11) is 0. The summed E-state index contributed by atoms with van der Waals surface area (Å²) in [4.78, 5) is 11.5. The summed E-state index contributed by atoms with van der Waals surface area (Å²) < 4.78 is 0. The van der Waals surface area contributed by atoms with Gasteiger partial charge in [0.1, 0.15) is 6.10 Å². The Balaban J connectivity index is 2.41. The molecule has 2 nitrogen and oxygen atoms in total. The molecule has 1 fully saturated rings. The molecule has 0 bridgehead atoms. The third kappa shape index (κ3) is 3.26. The van der Waals surface area contributed by atoms with E-state index in [1.165, 1.54) is 6.42 Å². The summed E-state index contributed by atoms with van der Waals surface area (Å²) in [6.07, 6.45) is 5.15. The van der Waals surface area contributed by atoms with Crippen molar-refractivity contribution in [3.8, 4) is 0 Å². The molecule has 14 heavy (non-hydrogen) atoms. The monoisotopic (exact) mass is 196 g/mol. The van der Waals surface area contributed by atoms with E-state index < -0.39 is 6.10 Å². The second kappa shape index (κ2) is 5.30. The Bertz CT molecular complexity index is 214. The molecule has 1 aliphatic rings. The quantitative estimate of drug-likeness (QED) is 0.701. The van der Waals surface area contributed by atoms with Gasteiger partial charge in [-0.3, -0.25) is 4.79 Å². The lowest BCUT2D eigenvalue weighted by Crippen LogP contribution is -2.31. The Hall–Kier alpha value is -0.630. The Morgan fingerprint density at radius 2 is 2.00 bits per heavy atom. The number of hydrogen-bond acceptors (Lipinski definition) is 2. The first kappa shape index (κ1) is 11.4. The Labute approximate surface area is 86.0 Å². The zero-order chi connectivity index (χ0) is 10.6. The van der Waals surface area contributed by atoms with E-state index in [0.29, 0.717) is 6.42 Å². The highest BCUT2D eigenvalue weighted by Gasteiger charge is 2.26. The number of carbonyl (C=O) groups excluding carboxylic acids is 1. The number of rotatable bonds is 4. The van der Waals surface area contributed by atoms with Crippen LogP contribution in [0.25, 0.3) is 0 Å². The van der Waals surface area contributed by atoms with E-state index in [0.717, 1.165) is 31.3 Å². The topological polar surface area (TPSA) is 37.3 Å². The number of carbonyl (C=O) groups is 1. The standard InChI is InChI=1S/C12H20O2/c1-9(2)8-11(13)12(14)10-6-4-3-5-7-10/h10,12,14H,1,3-8H2,2H3. The minimum absolute atomic E-state index is 0.0515. The molecule has 0 amide bonds. The molecule has 0 radical (unpaired) electrons. The van der Waals surface area contributed by atoms with E-state index in [1.54, 1.807) is 0 Å². The van der Waals surface area contributed by atoms with E-state index in [2.05, 4.69) is 6.58 Å². The molecule has 0 aromatic heterocycles. The van der Waals surface area contributed by atoms with Gasteiger partial charge in [-0.2, -0.15) is 0 Å². The van der Waals surface area contributed by atoms with Crippen LogP contribution in [0.5, 0.6) is 0 Å². The molecule has 2 heteroatoms. The molecule has 0 saturated heterocycles. The first-order valence-electron chi connectivity index (χ1n) is 5.46. The van der Waals surface area contributed by atoms with Gasteiger partial charge < -0.3 is 5.11 Å². The Morgan fingerprint density at radius 1 is 1.43 bits per heavy atom. The molecule has 0 aromatic carbocycles. The van der Waals surface area contributed by atoms with Gasteiger partial charge in [0.05, 0.1) is 0 Å². The molecular formula is C12H20O2. The minimum atomic E-state index is -0.744. The van der Waals surface area contributed by atoms with Gasteiger partial charge in [-0.1, -0.05) is 31.4 Å². The molecule has 1 N–H and O–H groups in total. The summed E-state index contributed by atoms with van der Waals surface area (Å²) in [5.41, 5.74) is 0.838. The van der Waals surface area contributed by atoms with Crippen molar-refractivity contribution >= 4 is 5.78 Å². The molecule has 1 saturated carbocycles. The number of ketones is 1. The maximum atomic E-state index is 11.5. The second-order valence-electron chi connectivity index (χ2n) is 4.44. The lowest BCUT2D eigenvalue weighted by atomic mass is 9.83. The van der Waals surface area contributed by atoms with Crippen molar-refractivity contribution in [2.75, 3.05) is 0 Å². The van der Waals surface area contributed by atoms with Crippen LogP contribution in [-0.4, -0.2) is 17.0 Å². The summed E-state index contributed by atoms with van der Waals surface area (Å²) in [5.74, 6) is 0.153. The van der Waals surface area contributed by atoms with Crippen molar-refractivity contribution in [2.24, 2.45) is 5.92 Å². The van der Waals surface area contributed by atoms with Crippen molar-refractivity contribution in [2.45, 2.75) is 51.6 Å². The summed E-state index contributed by atoms with van der Waals surface area (Å²) in [5, 5.41) is 9.80. The highest BCUT2D eigenvalue weighted by molar-refractivity contribution is 5.85. The maximum Gasteiger partial charge on any atom is 0.165 e. The first-order chi connectivity index (χ1) is 6.61. The Morgan fingerprint density at radius 3 is 2.50 bits per heavy atom.